The van der Waals surface area contributed by atoms with Gasteiger partial charge in [-0.1, -0.05) is 11.6 Å². The largest absolute Gasteiger partial charge is 0.422 e. The minimum atomic E-state index is -1.53. The van der Waals surface area contributed by atoms with Crippen LogP contribution in [0.2, 0.25) is 5.15 Å². The average molecular weight is 503 g/mol. The number of amides is 1. The third-order valence-electron chi connectivity index (χ3n) is 5.53. The fourth-order valence-corrected chi connectivity index (χ4v) is 3.96. The number of alkyl halides is 1. The number of hydrogen-bond donors (Lipinski definition) is 0. The van der Waals surface area contributed by atoms with Crippen molar-refractivity contribution in [3.05, 3.63) is 52.8 Å². The number of benzene rings is 1. The van der Waals surface area contributed by atoms with E-state index >= 15 is 0 Å². The number of aromatic nitrogens is 4. The lowest BCUT2D eigenvalue weighted by Gasteiger charge is -2.33. The molecule has 0 atom stereocenters. The maximum absolute atomic E-state index is 14.8. The SMILES string of the molecule is CC(C)(F)Cc1nnc(-c2ccc(C(=O)N3CCN(c4nc5nc(Cl)ccc5o4)CC3)cc2F)o1. The summed E-state index contributed by atoms with van der Waals surface area (Å²) in [5, 5.41) is 7.90. The number of piperazine rings is 1. The normalized spacial score (nSPS) is 14.7. The van der Waals surface area contributed by atoms with Crippen LogP contribution in [0.4, 0.5) is 14.8 Å². The average Bonchev–Trinajstić information content (AvgIpc) is 3.44. The van der Waals surface area contributed by atoms with Gasteiger partial charge in [-0.05, 0) is 44.2 Å². The number of fused-ring (bicyclic) bond motifs is 1. The van der Waals surface area contributed by atoms with Gasteiger partial charge in [-0.15, -0.1) is 10.2 Å². The molecule has 35 heavy (non-hydrogen) atoms. The summed E-state index contributed by atoms with van der Waals surface area (Å²) >= 11 is 5.90. The number of rotatable bonds is 5. The first-order valence-electron chi connectivity index (χ1n) is 10.9. The molecule has 3 aromatic heterocycles. The van der Waals surface area contributed by atoms with Crippen LogP contribution in [0, 0.1) is 5.82 Å². The molecule has 0 N–H and O–H groups in total. The lowest BCUT2D eigenvalue weighted by molar-refractivity contribution is 0.0744. The maximum atomic E-state index is 14.8. The molecule has 1 amide bonds. The van der Waals surface area contributed by atoms with Gasteiger partial charge < -0.3 is 18.6 Å². The predicted molar refractivity (Wildman–Crippen MR) is 124 cm³/mol. The van der Waals surface area contributed by atoms with Crippen LogP contribution < -0.4 is 4.90 Å². The number of nitrogens with zero attached hydrogens (tertiary/aromatic N) is 6. The highest BCUT2D eigenvalue weighted by molar-refractivity contribution is 6.29. The molecular formula is C23H21ClF2N6O3. The minimum absolute atomic E-state index is 0.0476. The predicted octanol–water partition coefficient (Wildman–Crippen LogP) is 4.32. The molecule has 9 nitrogen and oxygen atoms in total. The molecule has 0 saturated carbocycles. The second-order valence-corrected chi connectivity index (χ2v) is 9.21. The Hall–Kier alpha value is -3.60. The topological polar surface area (TPSA) is 101 Å². The Labute approximate surface area is 203 Å². The summed E-state index contributed by atoms with van der Waals surface area (Å²) in [7, 11) is 0. The first-order chi connectivity index (χ1) is 16.7. The van der Waals surface area contributed by atoms with Crippen molar-refractivity contribution in [3.8, 4) is 11.5 Å². The van der Waals surface area contributed by atoms with Crippen molar-refractivity contribution in [1.82, 2.24) is 25.1 Å². The lowest BCUT2D eigenvalue weighted by atomic mass is 10.1. The smallest absolute Gasteiger partial charge is 0.300 e. The summed E-state index contributed by atoms with van der Waals surface area (Å²) < 4.78 is 39.7. The van der Waals surface area contributed by atoms with E-state index in [-0.39, 0.29) is 35.2 Å². The Morgan fingerprint density at radius 1 is 1.09 bits per heavy atom. The number of anilines is 1. The Morgan fingerprint density at radius 3 is 2.57 bits per heavy atom. The number of hydrogen-bond acceptors (Lipinski definition) is 8. The van der Waals surface area contributed by atoms with Crippen molar-refractivity contribution < 1.29 is 22.4 Å². The first-order valence-corrected chi connectivity index (χ1v) is 11.3. The van der Waals surface area contributed by atoms with Gasteiger partial charge in [0.05, 0.1) is 12.0 Å². The molecule has 12 heteroatoms. The molecule has 1 saturated heterocycles. The van der Waals surface area contributed by atoms with Crippen molar-refractivity contribution in [2.24, 2.45) is 0 Å². The summed E-state index contributed by atoms with van der Waals surface area (Å²) in [6.07, 6.45) is -0.0853. The summed E-state index contributed by atoms with van der Waals surface area (Å²) in [6.45, 7) is 4.56. The summed E-state index contributed by atoms with van der Waals surface area (Å²) in [4.78, 5) is 25.0. The number of carbonyl (C=O) groups excluding carboxylic acids is 1. The molecule has 4 aromatic rings. The Morgan fingerprint density at radius 2 is 1.86 bits per heavy atom. The Kier molecular flexibility index (Phi) is 5.87. The van der Waals surface area contributed by atoms with E-state index in [1.807, 2.05) is 4.90 Å². The van der Waals surface area contributed by atoms with Crippen LogP contribution in [0.3, 0.4) is 0 Å². The van der Waals surface area contributed by atoms with Gasteiger partial charge in [0, 0.05) is 31.7 Å². The van der Waals surface area contributed by atoms with E-state index in [0.29, 0.717) is 48.6 Å². The fourth-order valence-electron chi connectivity index (χ4n) is 3.82. The molecule has 0 aliphatic carbocycles. The van der Waals surface area contributed by atoms with Gasteiger partial charge in [0.25, 0.3) is 17.8 Å². The highest BCUT2D eigenvalue weighted by Gasteiger charge is 2.26. The van der Waals surface area contributed by atoms with Crippen LogP contribution in [-0.4, -0.2) is 62.8 Å². The molecule has 0 bridgehead atoms. The van der Waals surface area contributed by atoms with Crippen LogP contribution in [0.15, 0.2) is 39.2 Å². The van der Waals surface area contributed by atoms with E-state index in [2.05, 4.69) is 20.2 Å². The van der Waals surface area contributed by atoms with Crippen LogP contribution in [0.25, 0.3) is 22.7 Å². The van der Waals surface area contributed by atoms with Gasteiger partial charge >= 0.3 is 0 Å². The zero-order chi connectivity index (χ0) is 24.7. The third kappa shape index (κ3) is 4.95. The molecule has 0 spiro atoms. The Bertz CT molecular complexity index is 1390. The van der Waals surface area contributed by atoms with E-state index in [1.165, 1.54) is 26.0 Å². The minimum Gasteiger partial charge on any atom is -0.422 e. The van der Waals surface area contributed by atoms with Crippen LogP contribution in [0.5, 0.6) is 0 Å². The van der Waals surface area contributed by atoms with Crippen molar-refractivity contribution in [1.29, 1.82) is 0 Å². The van der Waals surface area contributed by atoms with E-state index in [9.17, 15) is 13.6 Å². The summed E-state index contributed by atoms with van der Waals surface area (Å²) in [5.74, 6) is -0.973. The standard InChI is InChI=1S/C23H21ClF2N6O3/c1-23(2,26)12-18-29-30-20(35-18)14-4-3-13(11-15(14)25)21(33)31-7-9-32(10-8-31)22-28-19-16(34-22)5-6-17(24)27-19/h3-6,11H,7-10,12H2,1-2H3. The highest BCUT2D eigenvalue weighted by atomic mass is 35.5. The van der Waals surface area contributed by atoms with Crippen molar-refractivity contribution >= 4 is 34.8 Å². The maximum Gasteiger partial charge on any atom is 0.300 e. The van der Waals surface area contributed by atoms with Crippen molar-refractivity contribution in [2.45, 2.75) is 25.9 Å². The summed E-state index contributed by atoms with van der Waals surface area (Å²) in [5.41, 5.74) is -0.339. The zero-order valence-corrected chi connectivity index (χ0v) is 19.7. The van der Waals surface area contributed by atoms with Gasteiger partial charge in [0.1, 0.15) is 16.6 Å². The van der Waals surface area contributed by atoms with E-state index in [0.717, 1.165) is 6.07 Å². The second-order valence-electron chi connectivity index (χ2n) is 8.82. The third-order valence-corrected chi connectivity index (χ3v) is 5.74. The van der Waals surface area contributed by atoms with Crippen LogP contribution in [-0.2, 0) is 6.42 Å². The van der Waals surface area contributed by atoms with Gasteiger partial charge in [0.15, 0.2) is 5.58 Å². The number of oxazole rings is 1. The second kappa shape index (κ2) is 8.88. The molecule has 0 unspecified atom stereocenters. The molecule has 4 heterocycles. The van der Waals surface area contributed by atoms with Gasteiger partial charge in [0.2, 0.25) is 11.5 Å². The quantitative estimate of drug-likeness (QED) is 0.372. The van der Waals surface area contributed by atoms with Crippen LogP contribution >= 0.6 is 11.6 Å². The fraction of sp³-hybridized carbons (Fsp3) is 0.348. The Balaban J connectivity index is 1.25. The molecular weight excluding hydrogens is 482 g/mol. The molecule has 1 aromatic carbocycles. The van der Waals surface area contributed by atoms with Crippen molar-refractivity contribution in [2.75, 3.05) is 31.1 Å². The van der Waals surface area contributed by atoms with E-state index in [1.54, 1.807) is 17.0 Å². The monoisotopic (exact) mass is 502 g/mol. The zero-order valence-electron chi connectivity index (χ0n) is 19.0. The van der Waals surface area contributed by atoms with Gasteiger partial charge in [-0.3, -0.25) is 4.79 Å². The number of carbonyl (C=O) groups is 1. The van der Waals surface area contributed by atoms with Gasteiger partial charge in [-0.2, -0.15) is 4.98 Å². The molecule has 1 fully saturated rings. The lowest BCUT2D eigenvalue weighted by Crippen LogP contribution is -2.49. The summed E-state index contributed by atoms with van der Waals surface area (Å²) in [6, 6.07) is 7.80. The molecule has 1 aliphatic rings. The number of halogens is 3. The first kappa shape index (κ1) is 23.2. The van der Waals surface area contributed by atoms with E-state index in [4.69, 9.17) is 20.4 Å². The van der Waals surface area contributed by atoms with Crippen molar-refractivity contribution in [3.63, 3.8) is 0 Å². The molecule has 182 valence electrons. The van der Waals surface area contributed by atoms with Gasteiger partial charge in [-0.25, -0.2) is 13.8 Å². The number of pyridine rings is 1. The highest BCUT2D eigenvalue weighted by Crippen LogP contribution is 2.26. The van der Waals surface area contributed by atoms with E-state index < -0.39 is 11.5 Å². The molecule has 5 rings (SSSR count). The van der Waals surface area contributed by atoms with Crippen LogP contribution in [0.1, 0.15) is 30.1 Å². The molecule has 1 aliphatic heterocycles. The molecule has 0 radical (unpaired) electrons.